The lowest BCUT2D eigenvalue weighted by Gasteiger charge is -2.25. The molecule has 0 unspecified atom stereocenters. The molecule has 6 nitrogen and oxygen atoms in total. The van der Waals surface area contributed by atoms with E-state index in [1.807, 2.05) is 24.3 Å². The Balaban J connectivity index is 1.73. The molecule has 20 heavy (non-hydrogen) atoms. The van der Waals surface area contributed by atoms with E-state index in [9.17, 15) is 0 Å². The third-order valence-corrected chi connectivity index (χ3v) is 3.06. The molecule has 0 aromatic heterocycles. The second-order valence-corrected chi connectivity index (χ2v) is 4.59. The Morgan fingerprint density at radius 1 is 1.30 bits per heavy atom. The summed E-state index contributed by atoms with van der Waals surface area (Å²) in [4.78, 5) is 7.45. The van der Waals surface area contributed by atoms with Crippen molar-refractivity contribution in [3.8, 4) is 5.75 Å². The first-order valence-electron chi connectivity index (χ1n) is 6.65. The first kappa shape index (κ1) is 14.6. The number of morpholine rings is 1. The van der Waals surface area contributed by atoms with Gasteiger partial charge in [-0.3, -0.25) is 4.90 Å². The largest absolute Gasteiger partial charge is 0.497 e. The number of ether oxygens (including phenoxy) is 2. The number of nitrogens with two attached hydrogens (primary N) is 1. The molecule has 1 aliphatic heterocycles. The van der Waals surface area contributed by atoms with Crippen LogP contribution in [0.15, 0.2) is 29.4 Å². The molecule has 0 amide bonds. The molecular formula is C14H21N3O3. The summed E-state index contributed by atoms with van der Waals surface area (Å²) in [5.41, 5.74) is 6.86. The van der Waals surface area contributed by atoms with Gasteiger partial charge >= 0.3 is 0 Å². The van der Waals surface area contributed by atoms with Crippen LogP contribution in [0.3, 0.4) is 0 Å². The molecule has 0 atom stereocenters. The van der Waals surface area contributed by atoms with Crippen LogP contribution in [0.1, 0.15) is 5.56 Å². The lowest BCUT2D eigenvalue weighted by atomic mass is 10.2. The number of methoxy groups -OCH3 is 1. The van der Waals surface area contributed by atoms with Crippen LogP contribution >= 0.6 is 0 Å². The average molecular weight is 279 g/mol. The number of nitrogens with zero attached hydrogens (tertiary/aromatic N) is 2. The summed E-state index contributed by atoms with van der Waals surface area (Å²) < 4.78 is 10.4. The maximum atomic E-state index is 5.84. The summed E-state index contributed by atoms with van der Waals surface area (Å²) in [6.45, 7) is 4.28. The van der Waals surface area contributed by atoms with E-state index in [-0.39, 0.29) is 0 Å². The zero-order valence-electron chi connectivity index (χ0n) is 11.7. The number of oxime groups is 1. The molecule has 1 fully saturated rings. The maximum Gasteiger partial charge on any atom is 0.153 e. The maximum absolute atomic E-state index is 5.84. The van der Waals surface area contributed by atoms with Crippen LogP contribution in [0.2, 0.25) is 0 Å². The van der Waals surface area contributed by atoms with E-state index in [0.29, 0.717) is 19.0 Å². The number of amidine groups is 1. The van der Waals surface area contributed by atoms with E-state index in [1.54, 1.807) is 7.11 Å². The van der Waals surface area contributed by atoms with Gasteiger partial charge in [-0.1, -0.05) is 17.3 Å². The summed E-state index contributed by atoms with van der Waals surface area (Å²) in [6.07, 6.45) is 0. The van der Waals surface area contributed by atoms with Crippen LogP contribution in [-0.2, 0) is 16.2 Å². The molecule has 1 heterocycles. The Labute approximate surface area is 119 Å². The predicted octanol–water partition coefficient (Wildman–Crippen LogP) is 0.816. The highest BCUT2D eigenvalue weighted by molar-refractivity contribution is 5.81. The standard InChI is InChI=1S/C14H21N3O3/c1-18-13-4-2-12(3-5-13)11-20-16-14(15)10-17-6-8-19-9-7-17/h2-5H,6-11H2,1H3,(H2,15,16). The molecule has 0 bridgehead atoms. The first-order chi connectivity index (χ1) is 9.78. The molecule has 0 saturated carbocycles. The molecule has 2 N–H and O–H groups in total. The van der Waals surface area contributed by atoms with Crippen LogP contribution in [0.4, 0.5) is 0 Å². The quantitative estimate of drug-likeness (QED) is 0.474. The van der Waals surface area contributed by atoms with E-state index in [2.05, 4.69) is 10.1 Å². The Bertz CT molecular complexity index is 428. The monoisotopic (exact) mass is 279 g/mol. The van der Waals surface area contributed by atoms with Crippen molar-refractivity contribution in [3.05, 3.63) is 29.8 Å². The van der Waals surface area contributed by atoms with Crippen LogP contribution < -0.4 is 10.5 Å². The van der Waals surface area contributed by atoms with Crippen LogP contribution in [0, 0.1) is 0 Å². The van der Waals surface area contributed by atoms with Crippen molar-refractivity contribution in [2.75, 3.05) is 40.0 Å². The predicted molar refractivity (Wildman–Crippen MR) is 76.7 cm³/mol. The molecule has 0 aliphatic carbocycles. The Kier molecular flexibility index (Phi) is 5.64. The minimum atomic E-state index is 0.397. The van der Waals surface area contributed by atoms with Gasteiger partial charge < -0.3 is 20.0 Å². The van der Waals surface area contributed by atoms with Crippen molar-refractivity contribution in [2.24, 2.45) is 10.9 Å². The fraction of sp³-hybridized carbons (Fsp3) is 0.500. The molecule has 1 saturated heterocycles. The molecule has 6 heteroatoms. The first-order valence-corrected chi connectivity index (χ1v) is 6.65. The number of hydrogen-bond acceptors (Lipinski definition) is 5. The lowest BCUT2D eigenvalue weighted by Crippen LogP contribution is -2.41. The fourth-order valence-corrected chi connectivity index (χ4v) is 1.93. The van der Waals surface area contributed by atoms with Gasteiger partial charge in [-0.15, -0.1) is 0 Å². The van der Waals surface area contributed by atoms with Gasteiger partial charge in [-0.2, -0.15) is 0 Å². The van der Waals surface area contributed by atoms with E-state index in [4.69, 9.17) is 20.0 Å². The molecule has 110 valence electrons. The van der Waals surface area contributed by atoms with Crippen molar-refractivity contribution < 1.29 is 14.3 Å². The zero-order chi connectivity index (χ0) is 14.2. The van der Waals surface area contributed by atoms with Crippen molar-refractivity contribution in [1.82, 2.24) is 4.90 Å². The minimum Gasteiger partial charge on any atom is -0.497 e. The molecule has 0 radical (unpaired) electrons. The smallest absolute Gasteiger partial charge is 0.153 e. The molecule has 1 aromatic rings. The molecule has 1 aliphatic rings. The van der Waals surface area contributed by atoms with Crippen LogP contribution in [0.25, 0.3) is 0 Å². The topological polar surface area (TPSA) is 69.3 Å². The highest BCUT2D eigenvalue weighted by Crippen LogP contribution is 2.11. The number of rotatable bonds is 6. The Morgan fingerprint density at radius 3 is 2.65 bits per heavy atom. The normalized spacial score (nSPS) is 16.9. The molecule has 2 rings (SSSR count). The van der Waals surface area contributed by atoms with Gasteiger partial charge in [0.25, 0.3) is 0 Å². The van der Waals surface area contributed by atoms with Gasteiger partial charge in [0, 0.05) is 13.1 Å². The van der Waals surface area contributed by atoms with Crippen LogP contribution in [0.5, 0.6) is 5.75 Å². The molecule has 1 aromatic carbocycles. The third kappa shape index (κ3) is 4.71. The Morgan fingerprint density at radius 2 is 2.00 bits per heavy atom. The van der Waals surface area contributed by atoms with Gasteiger partial charge in [-0.05, 0) is 17.7 Å². The van der Waals surface area contributed by atoms with Crippen LogP contribution in [-0.4, -0.2) is 50.7 Å². The van der Waals surface area contributed by atoms with Gasteiger partial charge in [0.05, 0.1) is 26.9 Å². The highest BCUT2D eigenvalue weighted by Gasteiger charge is 2.11. The average Bonchev–Trinajstić information content (AvgIpc) is 2.49. The van der Waals surface area contributed by atoms with Crippen molar-refractivity contribution in [2.45, 2.75) is 6.61 Å². The number of hydrogen-bond donors (Lipinski definition) is 1. The van der Waals surface area contributed by atoms with Gasteiger partial charge in [0.15, 0.2) is 5.84 Å². The van der Waals surface area contributed by atoms with Crippen molar-refractivity contribution in [1.29, 1.82) is 0 Å². The summed E-state index contributed by atoms with van der Waals surface area (Å²) in [5.74, 6) is 1.31. The van der Waals surface area contributed by atoms with Crippen molar-refractivity contribution in [3.63, 3.8) is 0 Å². The van der Waals surface area contributed by atoms with E-state index in [0.717, 1.165) is 37.6 Å². The zero-order valence-corrected chi connectivity index (χ0v) is 11.7. The summed E-state index contributed by atoms with van der Waals surface area (Å²) >= 11 is 0. The summed E-state index contributed by atoms with van der Waals surface area (Å²) in [6, 6.07) is 7.65. The van der Waals surface area contributed by atoms with E-state index < -0.39 is 0 Å². The SMILES string of the molecule is COc1ccc(CO/N=C(\N)CN2CCOCC2)cc1. The fourth-order valence-electron chi connectivity index (χ4n) is 1.93. The summed E-state index contributed by atoms with van der Waals surface area (Å²) in [5, 5.41) is 3.94. The van der Waals surface area contributed by atoms with E-state index >= 15 is 0 Å². The molecule has 0 spiro atoms. The van der Waals surface area contributed by atoms with Crippen molar-refractivity contribution >= 4 is 5.84 Å². The second kappa shape index (κ2) is 7.72. The third-order valence-electron chi connectivity index (χ3n) is 3.06. The van der Waals surface area contributed by atoms with Gasteiger partial charge in [-0.25, -0.2) is 0 Å². The lowest BCUT2D eigenvalue weighted by molar-refractivity contribution is 0.0443. The highest BCUT2D eigenvalue weighted by atomic mass is 16.6. The summed E-state index contributed by atoms with van der Waals surface area (Å²) in [7, 11) is 1.64. The van der Waals surface area contributed by atoms with E-state index in [1.165, 1.54) is 0 Å². The minimum absolute atomic E-state index is 0.397. The molecular weight excluding hydrogens is 258 g/mol. The number of benzene rings is 1. The van der Waals surface area contributed by atoms with Gasteiger partial charge in [0.2, 0.25) is 0 Å². The second-order valence-electron chi connectivity index (χ2n) is 4.59. The Hall–Kier alpha value is -1.79. The van der Waals surface area contributed by atoms with Gasteiger partial charge in [0.1, 0.15) is 12.4 Å².